The van der Waals surface area contributed by atoms with Gasteiger partial charge in [-0.05, 0) is 17.7 Å². The Labute approximate surface area is 107 Å². The van der Waals surface area contributed by atoms with Crippen molar-refractivity contribution in [3.63, 3.8) is 0 Å². The van der Waals surface area contributed by atoms with Gasteiger partial charge in [0.05, 0.1) is 0 Å². The van der Waals surface area contributed by atoms with Crippen LogP contribution in [0, 0.1) is 11.3 Å². The molecule has 90 valence electrons. The summed E-state index contributed by atoms with van der Waals surface area (Å²) < 4.78 is 0. The van der Waals surface area contributed by atoms with Crippen LogP contribution in [-0.2, 0) is 6.54 Å². The summed E-state index contributed by atoms with van der Waals surface area (Å²) in [6.45, 7) is 7.73. The molecule has 3 nitrogen and oxygen atoms in total. The van der Waals surface area contributed by atoms with Crippen LogP contribution >= 0.6 is 11.8 Å². The third kappa shape index (κ3) is 3.45. The van der Waals surface area contributed by atoms with E-state index in [1.807, 2.05) is 12.1 Å². The lowest BCUT2D eigenvalue weighted by atomic mass is 10.2. The van der Waals surface area contributed by atoms with E-state index in [1.54, 1.807) is 6.20 Å². The Morgan fingerprint density at radius 3 is 2.82 bits per heavy atom. The second kappa shape index (κ2) is 5.52. The number of thioether (sulfide) groups is 1. The average molecular weight is 247 g/mol. The summed E-state index contributed by atoms with van der Waals surface area (Å²) in [5.74, 6) is 0. The van der Waals surface area contributed by atoms with Crippen LogP contribution < -0.4 is 0 Å². The summed E-state index contributed by atoms with van der Waals surface area (Å²) in [6, 6.07) is 5.97. The monoisotopic (exact) mass is 247 g/mol. The van der Waals surface area contributed by atoms with E-state index in [0.717, 1.165) is 19.6 Å². The molecule has 1 fully saturated rings. The molecule has 0 aliphatic carbocycles. The molecule has 2 heterocycles. The predicted molar refractivity (Wildman–Crippen MR) is 70.7 cm³/mol. The van der Waals surface area contributed by atoms with E-state index < -0.39 is 0 Å². The maximum absolute atomic E-state index is 8.82. The summed E-state index contributed by atoms with van der Waals surface area (Å²) in [6.07, 6.45) is 1.72. The van der Waals surface area contributed by atoms with Gasteiger partial charge in [0.25, 0.3) is 0 Å². The number of nitrogens with zero attached hydrogens (tertiary/aromatic N) is 3. The van der Waals surface area contributed by atoms with Crippen LogP contribution in [0.5, 0.6) is 0 Å². The second-order valence-corrected chi connectivity index (χ2v) is 6.49. The molecule has 0 spiro atoms. The lowest BCUT2D eigenvalue weighted by Gasteiger charge is -2.34. The van der Waals surface area contributed by atoms with Gasteiger partial charge in [0.15, 0.2) is 0 Å². The molecule has 0 aromatic carbocycles. The molecule has 0 amide bonds. The van der Waals surface area contributed by atoms with Gasteiger partial charge in [0, 0.05) is 36.3 Å². The van der Waals surface area contributed by atoms with E-state index in [9.17, 15) is 0 Å². The van der Waals surface area contributed by atoms with Crippen molar-refractivity contribution in [2.75, 3.05) is 13.1 Å². The van der Waals surface area contributed by atoms with Gasteiger partial charge in [-0.1, -0.05) is 13.8 Å². The van der Waals surface area contributed by atoms with Crippen molar-refractivity contribution in [2.24, 2.45) is 0 Å². The van der Waals surface area contributed by atoms with Gasteiger partial charge < -0.3 is 0 Å². The van der Waals surface area contributed by atoms with E-state index >= 15 is 0 Å². The fraction of sp³-hybridized carbons (Fsp3) is 0.538. The molecule has 0 radical (unpaired) electrons. The highest BCUT2D eigenvalue weighted by Gasteiger charge is 2.22. The number of pyridine rings is 1. The molecule has 2 unspecified atom stereocenters. The van der Waals surface area contributed by atoms with Gasteiger partial charge >= 0.3 is 0 Å². The highest BCUT2D eigenvalue weighted by Crippen LogP contribution is 2.25. The number of nitriles is 1. The van der Waals surface area contributed by atoms with Crippen molar-refractivity contribution in [3.05, 3.63) is 29.6 Å². The summed E-state index contributed by atoms with van der Waals surface area (Å²) in [7, 11) is 0. The topological polar surface area (TPSA) is 39.9 Å². The zero-order valence-electron chi connectivity index (χ0n) is 10.3. The fourth-order valence-electron chi connectivity index (χ4n) is 2.31. The van der Waals surface area contributed by atoms with Crippen molar-refractivity contribution < 1.29 is 0 Å². The number of aromatic nitrogens is 1. The minimum absolute atomic E-state index is 0.509. The van der Waals surface area contributed by atoms with Crippen LogP contribution in [0.3, 0.4) is 0 Å². The van der Waals surface area contributed by atoms with Gasteiger partial charge in [-0.25, -0.2) is 4.98 Å². The first-order chi connectivity index (χ1) is 8.17. The molecular formula is C13H17N3S. The van der Waals surface area contributed by atoms with E-state index in [0.29, 0.717) is 16.2 Å². The maximum atomic E-state index is 8.82. The number of rotatable bonds is 2. The van der Waals surface area contributed by atoms with Gasteiger partial charge in [0.1, 0.15) is 11.8 Å². The van der Waals surface area contributed by atoms with Crippen molar-refractivity contribution in [1.82, 2.24) is 9.88 Å². The van der Waals surface area contributed by atoms with Crippen LogP contribution in [0.15, 0.2) is 18.3 Å². The molecule has 2 rings (SSSR count). The van der Waals surface area contributed by atoms with Crippen LogP contribution in [0.1, 0.15) is 25.1 Å². The predicted octanol–water partition coefficient (Wildman–Crippen LogP) is 2.28. The van der Waals surface area contributed by atoms with E-state index in [1.165, 1.54) is 5.56 Å². The van der Waals surface area contributed by atoms with Gasteiger partial charge in [-0.2, -0.15) is 17.0 Å². The van der Waals surface area contributed by atoms with Gasteiger partial charge in [0.2, 0.25) is 0 Å². The Balaban J connectivity index is 2.02. The minimum atomic E-state index is 0.509. The van der Waals surface area contributed by atoms with Crippen molar-refractivity contribution in [2.45, 2.75) is 30.9 Å². The van der Waals surface area contributed by atoms with Crippen molar-refractivity contribution in [1.29, 1.82) is 5.26 Å². The Morgan fingerprint density at radius 2 is 2.18 bits per heavy atom. The third-order valence-electron chi connectivity index (χ3n) is 2.84. The van der Waals surface area contributed by atoms with E-state index in [-0.39, 0.29) is 0 Å². The third-order valence-corrected chi connectivity index (χ3v) is 4.07. The van der Waals surface area contributed by atoms with Crippen LogP contribution in [0.25, 0.3) is 0 Å². The first kappa shape index (κ1) is 12.4. The summed E-state index contributed by atoms with van der Waals surface area (Å²) in [5, 5.41) is 10.2. The molecule has 1 aromatic heterocycles. The Hall–Kier alpha value is -1.05. The SMILES string of the molecule is CC1CN(Cc2ccnc(C#N)c2)CC(C)S1. The maximum Gasteiger partial charge on any atom is 0.140 e. The Kier molecular flexibility index (Phi) is 4.03. The summed E-state index contributed by atoms with van der Waals surface area (Å²) in [5.41, 5.74) is 1.69. The molecule has 0 saturated carbocycles. The Morgan fingerprint density at radius 1 is 1.47 bits per heavy atom. The minimum Gasteiger partial charge on any atom is -0.297 e. The first-order valence-electron chi connectivity index (χ1n) is 5.90. The molecule has 0 N–H and O–H groups in total. The van der Waals surface area contributed by atoms with Crippen LogP contribution in [0.4, 0.5) is 0 Å². The zero-order chi connectivity index (χ0) is 12.3. The highest BCUT2D eigenvalue weighted by atomic mass is 32.2. The zero-order valence-corrected chi connectivity index (χ0v) is 11.1. The molecule has 1 saturated heterocycles. The molecule has 0 bridgehead atoms. The fourth-order valence-corrected chi connectivity index (χ4v) is 3.69. The standard InChI is InChI=1S/C13H17N3S/c1-10-7-16(8-11(2)17-10)9-12-3-4-15-13(5-12)6-14/h3-5,10-11H,7-9H2,1-2H3. The quantitative estimate of drug-likeness (QED) is 0.804. The molecule has 1 aliphatic heterocycles. The number of hydrogen-bond acceptors (Lipinski definition) is 4. The normalized spacial score (nSPS) is 25.5. The second-order valence-electron chi connectivity index (χ2n) is 4.61. The van der Waals surface area contributed by atoms with E-state index in [4.69, 9.17) is 5.26 Å². The van der Waals surface area contributed by atoms with Gasteiger partial charge in [-0.15, -0.1) is 0 Å². The largest absolute Gasteiger partial charge is 0.297 e. The highest BCUT2D eigenvalue weighted by molar-refractivity contribution is 8.00. The van der Waals surface area contributed by atoms with Crippen molar-refractivity contribution >= 4 is 11.8 Å². The summed E-state index contributed by atoms with van der Waals surface area (Å²) in [4.78, 5) is 6.46. The lowest BCUT2D eigenvalue weighted by molar-refractivity contribution is 0.263. The van der Waals surface area contributed by atoms with Gasteiger partial charge in [-0.3, -0.25) is 4.90 Å². The lowest BCUT2D eigenvalue weighted by Crippen LogP contribution is -2.39. The average Bonchev–Trinajstić information content (AvgIpc) is 2.28. The smallest absolute Gasteiger partial charge is 0.140 e. The molecule has 1 aromatic rings. The van der Waals surface area contributed by atoms with Crippen LogP contribution in [0.2, 0.25) is 0 Å². The first-order valence-corrected chi connectivity index (χ1v) is 6.84. The molecule has 17 heavy (non-hydrogen) atoms. The Bertz CT molecular complexity index is 417. The molecule has 4 heteroatoms. The van der Waals surface area contributed by atoms with Crippen LogP contribution in [-0.4, -0.2) is 33.5 Å². The molecular weight excluding hydrogens is 230 g/mol. The number of hydrogen-bond donors (Lipinski definition) is 0. The van der Waals surface area contributed by atoms with Crippen molar-refractivity contribution in [3.8, 4) is 6.07 Å². The summed E-state index contributed by atoms with van der Waals surface area (Å²) >= 11 is 2.06. The molecule has 1 aliphatic rings. The van der Waals surface area contributed by atoms with E-state index in [2.05, 4.69) is 41.6 Å². The molecule has 2 atom stereocenters.